The molecule has 6 rings (SSSR count). The number of hydrogen-bond donors (Lipinski definition) is 1. The first-order valence-electron chi connectivity index (χ1n) is 13.7. The van der Waals surface area contributed by atoms with Crippen LogP contribution in [0.3, 0.4) is 0 Å². The minimum atomic E-state index is -3.92. The van der Waals surface area contributed by atoms with Crippen molar-refractivity contribution in [3.05, 3.63) is 72.6 Å². The Labute approximate surface area is 235 Å². The predicted octanol–water partition coefficient (Wildman–Crippen LogP) is 4.79. The SMILES string of the molecule is CN(C)C1CCCN(c2ccc(Nc3ncc4c(n3)N(S(=O)(=O)c3cccc5cccnc35)CC4(C)C)cc2)C1. The molecule has 0 spiro atoms. The van der Waals surface area contributed by atoms with Gasteiger partial charge in [0.2, 0.25) is 5.95 Å². The van der Waals surface area contributed by atoms with Crippen LogP contribution in [0.2, 0.25) is 0 Å². The maximum absolute atomic E-state index is 14.0. The van der Waals surface area contributed by atoms with Gasteiger partial charge < -0.3 is 15.1 Å². The molecule has 0 bridgehead atoms. The fraction of sp³-hybridized carbons (Fsp3) is 0.367. The summed E-state index contributed by atoms with van der Waals surface area (Å²) in [6.45, 7) is 6.36. The average Bonchev–Trinajstić information content (AvgIpc) is 3.23. The highest BCUT2D eigenvalue weighted by atomic mass is 32.2. The van der Waals surface area contributed by atoms with Gasteiger partial charge >= 0.3 is 0 Å². The molecule has 1 fully saturated rings. The lowest BCUT2D eigenvalue weighted by atomic mass is 9.89. The number of sulfonamides is 1. The summed E-state index contributed by atoms with van der Waals surface area (Å²) in [5.41, 5.74) is 2.84. The van der Waals surface area contributed by atoms with E-state index in [0.29, 0.717) is 23.3 Å². The van der Waals surface area contributed by atoms with E-state index in [1.807, 2.05) is 38.1 Å². The Morgan fingerprint density at radius 1 is 1.02 bits per heavy atom. The van der Waals surface area contributed by atoms with Crippen molar-refractivity contribution in [2.45, 2.75) is 43.0 Å². The van der Waals surface area contributed by atoms with Gasteiger partial charge in [0.15, 0.2) is 5.82 Å². The lowest BCUT2D eigenvalue weighted by Gasteiger charge is -2.37. The van der Waals surface area contributed by atoms with Gasteiger partial charge in [-0.1, -0.05) is 32.0 Å². The molecule has 10 heteroatoms. The lowest BCUT2D eigenvalue weighted by molar-refractivity contribution is 0.258. The molecule has 9 nitrogen and oxygen atoms in total. The molecule has 1 atom stereocenters. The molecule has 1 unspecified atom stereocenters. The summed E-state index contributed by atoms with van der Waals surface area (Å²) >= 11 is 0. The third-order valence-corrected chi connectivity index (χ3v) is 9.82. The summed E-state index contributed by atoms with van der Waals surface area (Å²) in [5, 5.41) is 4.05. The van der Waals surface area contributed by atoms with Crippen molar-refractivity contribution >= 4 is 44.1 Å². The quantitative estimate of drug-likeness (QED) is 0.362. The number of hydrogen-bond acceptors (Lipinski definition) is 8. The second kappa shape index (κ2) is 10.0. The number of nitrogens with zero attached hydrogens (tertiary/aromatic N) is 6. The number of nitrogens with one attached hydrogen (secondary N) is 1. The van der Waals surface area contributed by atoms with Gasteiger partial charge in [-0.15, -0.1) is 0 Å². The van der Waals surface area contributed by atoms with E-state index in [4.69, 9.17) is 4.98 Å². The fourth-order valence-corrected chi connectivity index (χ4v) is 7.48. The molecule has 0 saturated carbocycles. The number of pyridine rings is 1. The molecule has 1 saturated heterocycles. The number of fused-ring (bicyclic) bond motifs is 2. The van der Waals surface area contributed by atoms with Crippen LogP contribution in [0.15, 0.2) is 71.9 Å². The van der Waals surface area contributed by atoms with Crippen LogP contribution >= 0.6 is 0 Å². The Bertz CT molecular complexity index is 1650. The number of piperidine rings is 1. The Hall–Kier alpha value is -3.76. The van der Waals surface area contributed by atoms with E-state index in [-0.39, 0.29) is 11.4 Å². The maximum atomic E-state index is 14.0. The summed E-state index contributed by atoms with van der Waals surface area (Å²) < 4.78 is 29.4. The Morgan fingerprint density at radius 3 is 2.58 bits per heavy atom. The number of likely N-dealkylation sites (N-methyl/N-ethyl adjacent to an activating group) is 1. The van der Waals surface area contributed by atoms with Crippen LogP contribution < -0.4 is 14.5 Å². The van der Waals surface area contributed by atoms with Gasteiger partial charge in [0.25, 0.3) is 10.0 Å². The number of para-hydroxylation sites is 1. The van der Waals surface area contributed by atoms with E-state index in [1.165, 1.54) is 22.8 Å². The molecular weight excluding hydrogens is 522 g/mol. The van der Waals surface area contributed by atoms with Crippen LogP contribution in [0.4, 0.5) is 23.1 Å². The van der Waals surface area contributed by atoms with Crippen LogP contribution in [-0.2, 0) is 15.4 Å². The van der Waals surface area contributed by atoms with Gasteiger partial charge in [0.1, 0.15) is 4.90 Å². The predicted molar refractivity (Wildman–Crippen MR) is 160 cm³/mol. The number of aromatic nitrogens is 3. The van der Waals surface area contributed by atoms with Crippen molar-refractivity contribution in [3.8, 4) is 0 Å². The van der Waals surface area contributed by atoms with Gasteiger partial charge in [0, 0.05) is 65.8 Å². The first kappa shape index (κ1) is 26.5. The van der Waals surface area contributed by atoms with Gasteiger partial charge in [-0.2, -0.15) is 4.98 Å². The third-order valence-electron chi connectivity index (χ3n) is 8.05. The Balaban J connectivity index is 1.28. The molecule has 2 aliphatic rings. The molecule has 2 aliphatic heterocycles. The summed E-state index contributed by atoms with van der Waals surface area (Å²) in [6, 6.07) is 17.7. The van der Waals surface area contributed by atoms with E-state index >= 15 is 0 Å². The van der Waals surface area contributed by atoms with Crippen LogP contribution in [0.1, 0.15) is 32.3 Å². The zero-order chi connectivity index (χ0) is 28.1. The maximum Gasteiger partial charge on any atom is 0.267 e. The van der Waals surface area contributed by atoms with E-state index in [2.05, 4.69) is 51.3 Å². The van der Waals surface area contributed by atoms with E-state index in [0.717, 1.165) is 29.7 Å². The molecule has 0 amide bonds. The van der Waals surface area contributed by atoms with Gasteiger partial charge in [0.05, 0.1) is 5.52 Å². The van der Waals surface area contributed by atoms with E-state index < -0.39 is 15.4 Å². The first-order valence-corrected chi connectivity index (χ1v) is 15.1. The Kier molecular flexibility index (Phi) is 6.62. The smallest absolute Gasteiger partial charge is 0.267 e. The minimum absolute atomic E-state index is 0.173. The summed E-state index contributed by atoms with van der Waals surface area (Å²) in [4.78, 5) is 18.6. The van der Waals surface area contributed by atoms with Crippen molar-refractivity contribution in [2.24, 2.45) is 0 Å². The van der Waals surface area contributed by atoms with Crippen LogP contribution in [0, 0.1) is 0 Å². The molecule has 1 N–H and O–H groups in total. The summed E-state index contributed by atoms with van der Waals surface area (Å²) in [5.74, 6) is 0.751. The monoisotopic (exact) mass is 557 g/mol. The number of anilines is 4. The topological polar surface area (TPSA) is 94.6 Å². The highest BCUT2D eigenvalue weighted by Gasteiger charge is 2.43. The van der Waals surface area contributed by atoms with Crippen molar-refractivity contribution in [1.82, 2.24) is 19.9 Å². The molecule has 4 heterocycles. The molecule has 2 aromatic carbocycles. The van der Waals surface area contributed by atoms with E-state index in [9.17, 15) is 8.42 Å². The standard InChI is InChI=1S/C30H35N7O2S/c1-30(2)20-37(40(38,39)26-11-5-8-21-9-6-16-31-27(21)26)28-25(30)18-32-29(34-28)33-22-12-14-23(15-13-22)36-17-7-10-24(19-36)35(3)4/h5-6,8-9,11-16,18,24H,7,10,17,19-20H2,1-4H3,(H,32,33,34). The summed E-state index contributed by atoms with van der Waals surface area (Å²) in [7, 11) is 0.362. The van der Waals surface area contributed by atoms with E-state index in [1.54, 1.807) is 30.6 Å². The number of benzene rings is 2. The molecule has 2 aromatic heterocycles. The van der Waals surface area contributed by atoms with Crippen molar-refractivity contribution in [3.63, 3.8) is 0 Å². The van der Waals surface area contributed by atoms with Crippen molar-refractivity contribution in [1.29, 1.82) is 0 Å². The van der Waals surface area contributed by atoms with Gasteiger partial charge in [-0.25, -0.2) is 17.7 Å². The zero-order valence-corrected chi connectivity index (χ0v) is 24.2. The van der Waals surface area contributed by atoms with Crippen LogP contribution in [0.25, 0.3) is 10.9 Å². The average molecular weight is 558 g/mol. The number of rotatable bonds is 6. The minimum Gasteiger partial charge on any atom is -0.370 e. The highest BCUT2D eigenvalue weighted by molar-refractivity contribution is 7.93. The molecule has 0 aliphatic carbocycles. The van der Waals surface area contributed by atoms with Gasteiger partial charge in [-0.3, -0.25) is 4.98 Å². The summed E-state index contributed by atoms with van der Waals surface area (Å²) in [6.07, 6.45) is 5.76. The second-order valence-corrected chi connectivity index (χ2v) is 13.4. The zero-order valence-electron chi connectivity index (χ0n) is 23.4. The first-order chi connectivity index (χ1) is 19.1. The molecule has 4 aromatic rings. The van der Waals surface area contributed by atoms with Gasteiger partial charge in [-0.05, 0) is 63.3 Å². The Morgan fingerprint density at radius 2 is 1.80 bits per heavy atom. The molecule has 0 radical (unpaired) electrons. The molecular formula is C30H35N7O2S. The van der Waals surface area contributed by atoms with Crippen molar-refractivity contribution in [2.75, 3.05) is 48.3 Å². The lowest BCUT2D eigenvalue weighted by Crippen LogP contribution is -2.45. The molecule has 40 heavy (non-hydrogen) atoms. The molecule has 208 valence electrons. The van der Waals surface area contributed by atoms with Crippen LogP contribution in [-0.4, -0.2) is 68.0 Å². The fourth-order valence-electron chi connectivity index (χ4n) is 5.72. The van der Waals surface area contributed by atoms with Crippen LogP contribution in [0.5, 0.6) is 0 Å². The third kappa shape index (κ3) is 4.75. The largest absolute Gasteiger partial charge is 0.370 e. The normalized spacial score (nSPS) is 18.8. The highest BCUT2D eigenvalue weighted by Crippen LogP contribution is 2.42. The van der Waals surface area contributed by atoms with Crippen molar-refractivity contribution < 1.29 is 8.42 Å². The second-order valence-electron chi connectivity index (χ2n) is 11.5.